The summed E-state index contributed by atoms with van der Waals surface area (Å²) in [6.07, 6.45) is 4.85. The van der Waals surface area contributed by atoms with E-state index in [1.807, 2.05) is 13.0 Å². The molecule has 0 saturated carbocycles. The van der Waals surface area contributed by atoms with Gasteiger partial charge in [0.2, 0.25) is 5.91 Å². The average molecular weight is 249 g/mol. The molecular weight excluding hydrogens is 226 g/mol. The molecule has 1 aromatic rings. The number of aromatic nitrogens is 1. The van der Waals surface area contributed by atoms with Crippen molar-refractivity contribution < 1.29 is 4.79 Å². The van der Waals surface area contributed by atoms with Crippen LogP contribution in [0, 0.1) is 18.8 Å². The quantitative estimate of drug-likeness (QED) is 0.813. The van der Waals surface area contributed by atoms with Gasteiger partial charge < -0.3 is 11.1 Å². The number of pyridine rings is 1. The molecule has 0 spiro atoms. The van der Waals surface area contributed by atoms with Gasteiger partial charge in [-0.05, 0) is 43.4 Å². The predicted molar refractivity (Wildman–Crippen MR) is 74.2 cm³/mol. The molecule has 4 heteroatoms. The molecule has 0 bridgehead atoms. The lowest BCUT2D eigenvalue weighted by molar-refractivity contribution is -0.117. The van der Waals surface area contributed by atoms with E-state index in [1.54, 1.807) is 12.4 Å². The molecule has 100 valence electrons. The number of anilines is 1. The summed E-state index contributed by atoms with van der Waals surface area (Å²) in [5.41, 5.74) is 7.50. The molecule has 4 nitrogen and oxygen atoms in total. The van der Waals surface area contributed by atoms with Crippen LogP contribution in [-0.4, -0.2) is 17.4 Å². The van der Waals surface area contributed by atoms with E-state index in [4.69, 9.17) is 5.73 Å². The Morgan fingerprint density at radius 2 is 2.22 bits per heavy atom. The lowest BCUT2D eigenvalue weighted by atomic mass is 9.94. The van der Waals surface area contributed by atoms with Gasteiger partial charge in [0.25, 0.3) is 0 Å². The van der Waals surface area contributed by atoms with Gasteiger partial charge in [-0.3, -0.25) is 9.78 Å². The fourth-order valence-corrected chi connectivity index (χ4v) is 1.99. The minimum Gasteiger partial charge on any atom is -0.330 e. The molecule has 0 aliphatic rings. The molecule has 1 amide bonds. The molecule has 0 unspecified atom stereocenters. The van der Waals surface area contributed by atoms with Crippen LogP contribution in [0.15, 0.2) is 18.5 Å². The van der Waals surface area contributed by atoms with Crippen molar-refractivity contribution in [1.82, 2.24) is 4.98 Å². The lowest BCUT2D eigenvalue weighted by Crippen LogP contribution is -2.23. The van der Waals surface area contributed by atoms with E-state index in [2.05, 4.69) is 24.1 Å². The number of nitrogens with two attached hydrogens (primary N) is 1. The summed E-state index contributed by atoms with van der Waals surface area (Å²) in [5, 5.41) is 2.89. The summed E-state index contributed by atoms with van der Waals surface area (Å²) >= 11 is 0. The van der Waals surface area contributed by atoms with E-state index in [0.717, 1.165) is 17.7 Å². The number of carbonyl (C=O) groups is 1. The molecule has 1 aromatic heterocycles. The molecule has 1 heterocycles. The highest BCUT2D eigenvalue weighted by molar-refractivity contribution is 5.91. The van der Waals surface area contributed by atoms with Crippen LogP contribution in [0.1, 0.15) is 32.3 Å². The first-order valence-corrected chi connectivity index (χ1v) is 6.43. The molecule has 0 aliphatic carbocycles. The molecule has 0 radical (unpaired) electrons. The Kier molecular flexibility index (Phi) is 5.78. The number of nitrogens with zero attached hydrogens (tertiary/aromatic N) is 1. The second-order valence-electron chi connectivity index (χ2n) is 5.17. The van der Waals surface area contributed by atoms with Crippen LogP contribution in [0.5, 0.6) is 0 Å². The molecule has 0 fully saturated rings. The van der Waals surface area contributed by atoms with E-state index in [1.165, 1.54) is 0 Å². The molecule has 0 saturated heterocycles. The number of aryl methyl sites for hydroxylation is 1. The third-order valence-electron chi connectivity index (χ3n) is 2.93. The lowest BCUT2D eigenvalue weighted by Gasteiger charge is -2.16. The second kappa shape index (κ2) is 7.11. The first kappa shape index (κ1) is 14.6. The van der Waals surface area contributed by atoms with Crippen LogP contribution in [0.3, 0.4) is 0 Å². The Morgan fingerprint density at radius 1 is 1.50 bits per heavy atom. The van der Waals surface area contributed by atoms with E-state index >= 15 is 0 Å². The summed E-state index contributed by atoms with van der Waals surface area (Å²) in [5.74, 6) is 0.829. The van der Waals surface area contributed by atoms with Crippen molar-refractivity contribution in [2.75, 3.05) is 11.9 Å². The Bertz CT molecular complexity index is 390. The van der Waals surface area contributed by atoms with Crippen LogP contribution in [0.4, 0.5) is 5.69 Å². The zero-order valence-corrected chi connectivity index (χ0v) is 11.4. The molecule has 0 aromatic carbocycles. The van der Waals surface area contributed by atoms with Gasteiger partial charge in [-0.2, -0.15) is 0 Å². The van der Waals surface area contributed by atoms with Crippen molar-refractivity contribution in [3.8, 4) is 0 Å². The Labute approximate surface area is 109 Å². The van der Waals surface area contributed by atoms with Crippen LogP contribution in [0.2, 0.25) is 0 Å². The van der Waals surface area contributed by atoms with Gasteiger partial charge in [0.05, 0.1) is 11.9 Å². The van der Waals surface area contributed by atoms with Crippen molar-refractivity contribution in [1.29, 1.82) is 0 Å². The minimum atomic E-state index is 0.0159. The molecule has 3 N–H and O–H groups in total. The number of nitrogens with one attached hydrogen (secondary N) is 1. The monoisotopic (exact) mass is 249 g/mol. The van der Waals surface area contributed by atoms with Gasteiger partial charge in [-0.25, -0.2) is 0 Å². The standard InChI is InChI=1S/C14H23N3O/c1-10(2)6-12(8-15)7-14(18)17-13-9-16-5-4-11(13)3/h4-5,9-10,12H,6-8,15H2,1-3H3,(H,17,18)/t12-/m0/s1. The van der Waals surface area contributed by atoms with Crippen LogP contribution in [0.25, 0.3) is 0 Å². The van der Waals surface area contributed by atoms with Crippen LogP contribution >= 0.6 is 0 Å². The van der Waals surface area contributed by atoms with Crippen molar-refractivity contribution in [2.24, 2.45) is 17.6 Å². The summed E-state index contributed by atoms with van der Waals surface area (Å²) in [6.45, 7) is 6.79. The Balaban J connectivity index is 2.53. The second-order valence-corrected chi connectivity index (χ2v) is 5.17. The zero-order valence-electron chi connectivity index (χ0n) is 11.4. The maximum absolute atomic E-state index is 11.9. The van der Waals surface area contributed by atoms with Gasteiger partial charge in [0.15, 0.2) is 0 Å². The molecule has 18 heavy (non-hydrogen) atoms. The smallest absolute Gasteiger partial charge is 0.224 e. The highest BCUT2D eigenvalue weighted by atomic mass is 16.1. The number of rotatable bonds is 6. The van der Waals surface area contributed by atoms with E-state index in [0.29, 0.717) is 18.9 Å². The zero-order chi connectivity index (χ0) is 13.5. The van der Waals surface area contributed by atoms with Gasteiger partial charge in [-0.1, -0.05) is 13.8 Å². The maximum atomic E-state index is 11.9. The number of amides is 1. The van der Waals surface area contributed by atoms with Gasteiger partial charge >= 0.3 is 0 Å². The molecule has 1 atom stereocenters. The Morgan fingerprint density at radius 3 is 2.78 bits per heavy atom. The third kappa shape index (κ3) is 4.84. The van der Waals surface area contributed by atoms with Crippen LogP contribution in [-0.2, 0) is 4.79 Å². The first-order chi connectivity index (χ1) is 8.52. The fraction of sp³-hybridized carbons (Fsp3) is 0.571. The minimum absolute atomic E-state index is 0.0159. The topological polar surface area (TPSA) is 68.0 Å². The highest BCUT2D eigenvalue weighted by Gasteiger charge is 2.14. The largest absolute Gasteiger partial charge is 0.330 e. The first-order valence-electron chi connectivity index (χ1n) is 6.43. The average Bonchev–Trinajstić information content (AvgIpc) is 2.30. The maximum Gasteiger partial charge on any atom is 0.224 e. The van der Waals surface area contributed by atoms with E-state index in [9.17, 15) is 4.79 Å². The molecule has 1 rings (SSSR count). The summed E-state index contributed by atoms with van der Waals surface area (Å²) < 4.78 is 0. The van der Waals surface area contributed by atoms with Crippen molar-refractivity contribution in [3.63, 3.8) is 0 Å². The Hall–Kier alpha value is -1.42. The molecular formula is C14H23N3O. The van der Waals surface area contributed by atoms with Gasteiger partial charge in [0.1, 0.15) is 0 Å². The third-order valence-corrected chi connectivity index (χ3v) is 2.93. The highest BCUT2D eigenvalue weighted by Crippen LogP contribution is 2.17. The number of carbonyl (C=O) groups excluding carboxylic acids is 1. The van der Waals surface area contributed by atoms with Crippen LogP contribution < -0.4 is 11.1 Å². The van der Waals surface area contributed by atoms with Crippen molar-refractivity contribution in [2.45, 2.75) is 33.6 Å². The summed E-state index contributed by atoms with van der Waals surface area (Å²) in [7, 11) is 0. The summed E-state index contributed by atoms with van der Waals surface area (Å²) in [6, 6.07) is 1.88. The normalized spacial score (nSPS) is 12.5. The van der Waals surface area contributed by atoms with Crippen molar-refractivity contribution in [3.05, 3.63) is 24.0 Å². The number of hydrogen-bond acceptors (Lipinski definition) is 3. The van der Waals surface area contributed by atoms with Gasteiger partial charge in [-0.15, -0.1) is 0 Å². The van der Waals surface area contributed by atoms with E-state index in [-0.39, 0.29) is 11.8 Å². The van der Waals surface area contributed by atoms with Crippen molar-refractivity contribution >= 4 is 11.6 Å². The SMILES string of the molecule is Cc1ccncc1NC(=O)C[C@@H](CN)CC(C)C. The predicted octanol–water partition coefficient (Wildman–Crippen LogP) is 2.34. The van der Waals surface area contributed by atoms with E-state index < -0.39 is 0 Å². The number of hydrogen-bond donors (Lipinski definition) is 2. The fourth-order valence-electron chi connectivity index (χ4n) is 1.99. The summed E-state index contributed by atoms with van der Waals surface area (Å²) in [4.78, 5) is 15.9. The van der Waals surface area contributed by atoms with Gasteiger partial charge in [0, 0.05) is 12.6 Å². The molecule has 0 aliphatic heterocycles.